The lowest BCUT2D eigenvalue weighted by Gasteiger charge is -2.12. The molecule has 0 bridgehead atoms. The lowest BCUT2D eigenvalue weighted by Crippen LogP contribution is -1.93. The molecule has 0 atom stereocenters. The fourth-order valence-electron chi connectivity index (χ4n) is 2.66. The second kappa shape index (κ2) is 6.07. The standard InChI is InChI=1S/C21H21N/c1-15-4-8-17(9-5-15)19-12-13-20(21(14-19)22-3)18-10-6-16(2)7-11-18/h4-14,22H,1-3H3. The van der Waals surface area contributed by atoms with E-state index in [9.17, 15) is 0 Å². The maximum Gasteiger partial charge on any atom is 0.0423 e. The Hall–Kier alpha value is -2.54. The molecule has 1 N–H and O–H groups in total. The second-order valence-electron chi connectivity index (χ2n) is 5.74. The van der Waals surface area contributed by atoms with Crippen molar-refractivity contribution in [3.63, 3.8) is 0 Å². The number of anilines is 1. The molecule has 0 aliphatic heterocycles. The maximum atomic E-state index is 3.33. The molecule has 3 aromatic rings. The molecule has 0 saturated heterocycles. The highest BCUT2D eigenvalue weighted by Gasteiger charge is 2.06. The molecule has 0 aliphatic carbocycles. The van der Waals surface area contributed by atoms with Crippen LogP contribution in [-0.4, -0.2) is 7.05 Å². The van der Waals surface area contributed by atoms with Crippen molar-refractivity contribution in [3.05, 3.63) is 77.9 Å². The summed E-state index contributed by atoms with van der Waals surface area (Å²) >= 11 is 0. The van der Waals surface area contributed by atoms with Crippen LogP contribution >= 0.6 is 0 Å². The number of benzene rings is 3. The summed E-state index contributed by atoms with van der Waals surface area (Å²) in [7, 11) is 1.98. The maximum absolute atomic E-state index is 3.33. The SMILES string of the molecule is CNc1cc(-c2ccc(C)cc2)ccc1-c1ccc(C)cc1. The molecule has 1 nitrogen and oxygen atoms in total. The Morgan fingerprint density at radius 3 is 1.64 bits per heavy atom. The molecule has 3 rings (SSSR count). The van der Waals surface area contributed by atoms with E-state index in [0.29, 0.717) is 0 Å². The number of nitrogens with one attached hydrogen (secondary N) is 1. The van der Waals surface area contributed by atoms with Gasteiger partial charge in [-0.3, -0.25) is 0 Å². The van der Waals surface area contributed by atoms with Crippen LogP contribution in [0.1, 0.15) is 11.1 Å². The normalized spacial score (nSPS) is 10.5. The van der Waals surface area contributed by atoms with E-state index in [0.717, 1.165) is 5.69 Å². The Labute approximate surface area is 132 Å². The Morgan fingerprint density at radius 2 is 1.09 bits per heavy atom. The second-order valence-corrected chi connectivity index (χ2v) is 5.74. The average Bonchev–Trinajstić information content (AvgIpc) is 2.56. The number of aryl methyl sites for hydroxylation is 2. The highest BCUT2D eigenvalue weighted by atomic mass is 14.8. The number of rotatable bonds is 3. The minimum absolute atomic E-state index is 1.15. The monoisotopic (exact) mass is 287 g/mol. The molecule has 3 aromatic carbocycles. The average molecular weight is 287 g/mol. The van der Waals surface area contributed by atoms with Crippen LogP contribution in [0.15, 0.2) is 66.7 Å². The van der Waals surface area contributed by atoms with Gasteiger partial charge in [-0.2, -0.15) is 0 Å². The van der Waals surface area contributed by atoms with Crippen molar-refractivity contribution in [3.8, 4) is 22.3 Å². The van der Waals surface area contributed by atoms with E-state index in [1.165, 1.54) is 33.4 Å². The van der Waals surface area contributed by atoms with Crippen molar-refractivity contribution < 1.29 is 0 Å². The van der Waals surface area contributed by atoms with Gasteiger partial charge in [0.05, 0.1) is 0 Å². The predicted octanol–water partition coefficient (Wildman–Crippen LogP) is 5.68. The van der Waals surface area contributed by atoms with E-state index in [1.807, 2.05) is 7.05 Å². The third-order valence-electron chi connectivity index (χ3n) is 4.04. The van der Waals surface area contributed by atoms with Gasteiger partial charge in [0, 0.05) is 18.3 Å². The summed E-state index contributed by atoms with van der Waals surface area (Å²) in [5.41, 5.74) is 8.68. The summed E-state index contributed by atoms with van der Waals surface area (Å²) in [6, 6.07) is 23.9. The van der Waals surface area contributed by atoms with Gasteiger partial charge >= 0.3 is 0 Å². The summed E-state index contributed by atoms with van der Waals surface area (Å²) < 4.78 is 0. The molecule has 0 fully saturated rings. The largest absolute Gasteiger partial charge is 0.388 e. The number of hydrogen-bond acceptors (Lipinski definition) is 1. The predicted molar refractivity (Wildman–Crippen MR) is 96.3 cm³/mol. The zero-order valence-electron chi connectivity index (χ0n) is 13.4. The number of hydrogen-bond donors (Lipinski definition) is 1. The van der Waals surface area contributed by atoms with Crippen molar-refractivity contribution in [1.29, 1.82) is 0 Å². The van der Waals surface area contributed by atoms with Gasteiger partial charge in [0.1, 0.15) is 0 Å². The van der Waals surface area contributed by atoms with Crippen LogP contribution in [0.2, 0.25) is 0 Å². The first kappa shape index (κ1) is 14.4. The topological polar surface area (TPSA) is 12.0 Å². The van der Waals surface area contributed by atoms with Gasteiger partial charge in [-0.25, -0.2) is 0 Å². The quantitative estimate of drug-likeness (QED) is 0.653. The Morgan fingerprint density at radius 1 is 0.591 bits per heavy atom. The van der Waals surface area contributed by atoms with Gasteiger partial charge in [-0.15, -0.1) is 0 Å². The van der Waals surface area contributed by atoms with Gasteiger partial charge < -0.3 is 5.32 Å². The molecule has 0 radical (unpaired) electrons. The summed E-state index contributed by atoms with van der Waals surface area (Å²) in [5, 5.41) is 3.33. The fourth-order valence-corrected chi connectivity index (χ4v) is 2.66. The van der Waals surface area contributed by atoms with Crippen LogP contribution < -0.4 is 5.32 Å². The zero-order chi connectivity index (χ0) is 15.5. The molecule has 0 aliphatic rings. The Balaban J connectivity index is 2.04. The highest BCUT2D eigenvalue weighted by molar-refractivity contribution is 5.82. The van der Waals surface area contributed by atoms with E-state index in [1.54, 1.807) is 0 Å². The van der Waals surface area contributed by atoms with Crippen LogP contribution in [-0.2, 0) is 0 Å². The molecular formula is C21H21N. The fraction of sp³-hybridized carbons (Fsp3) is 0.143. The van der Waals surface area contributed by atoms with Gasteiger partial charge in [0.25, 0.3) is 0 Å². The van der Waals surface area contributed by atoms with Crippen LogP contribution in [0.3, 0.4) is 0 Å². The first-order valence-electron chi connectivity index (χ1n) is 7.63. The van der Waals surface area contributed by atoms with E-state index >= 15 is 0 Å². The molecule has 110 valence electrons. The van der Waals surface area contributed by atoms with Crippen LogP contribution in [0.5, 0.6) is 0 Å². The van der Waals surface area contributed by atoms with Crippen molar-refractivity contribution >= 4 is 5.69 Å². The van der Waals surface area contributed by atoms with E-state index in [4.69, 9.17) is 0 Å². The summed E-state index contributed by atoms with van der Waals surface area (Å²) in [6.07, 6.45) is 0. The van der Waals surface area contributed by atoms with Crippen LogP contribution in [0.25, 0.3) is 22.3 Å². The van der Waals surface area contributed by atoms with Crippen LogP contribution in [0, 0.1) is 13.8 Å². The smallest absolute Gasteiger partial charge is 0.0423 e. The highest BCUT2D eigenvalue weighted by Crippen LogP contribution is 2.32. The van der Waals surface area contributed by atoms with E-state index < -0.39 is 0 Å². The third-order valence-corrected chi connectivity index (χ3v) is 4.04. The van der Waals surface area contributed by atoms with Crippen molar-refractivity contribution in [1.82, 2.24) is 0 Å². The molecule has 22 heavy (non-hydrogen) atoms. The van der Waals surface area contributed by atoms with Crippen molar-refractivity contribution in [2.75, 3.05) is 12.4 Å². The minimum Gasteiger partial charge on any atom is -0.388 e. The molecule has 0 unspecified atom stereocenters. The Kier molecular flexibility index (Phi) is 3.97. The molecule has 0 aromatic heterocycles. The van der Waals surface area contributed by atoms with Gasteiger partial charge in [-0.1, -0.05) is 71.8 Å². The molecule has 0 heterocycles. The van der Waals surface area contributed by atoms with Gasteiger partial charge in [0.2, 0.25) is 0 Å². The minimum atomic E-state index is 1.15. The molecular weight excluding hydrogens is 266 g/mol. The van der Waals surface area contributed by atoms with Crippen LogP contribution in [0.4, 0.5) is 5.69 Å². The zero-order valence-corrected chi connectivity index (χ0v) is 13.4. The summed E-state index contributed by atoms with van der Waals surface area (Å²) in [5.74, 6) is 0. The first-order valence-corrected chi connectivity index (χ1v) is 7.63. The van der Waals surface area contributed by atoms with Crippen molar-refractivity contribution in [2.45, 2.75) is 13.8 Å². The molecule has 0 amide bonds. The third kappa shape index (κ3) is 2.89. The van der Waals surface area contributed by atoms with E-state index in [2.05, 4.69) is 85.9 Å². The van der Waals surface area contributed by atoms with Gasteiger partial charge in [0.15, 0.2) is 0 Å². The van der Waals surface area contributed by atoms with E-state index in [-0.39, 0.29) is 0 Å². The lowest BCUT2D eigenvalue weighted by molar-refractivity contribution is 1.45. The summed E-state index contributed by atoms with van der Waals surface area (Å²) in [6.45, 7) is 4.23. The Bertz CT molecular complexity index is 768. The van der Waals surface area contributed by atoms with Crippen molar-refractivity contribution in [2.24, 2.45) is 0 Å². The lowest BCUT2D eigenvalue weighted by atomic mass is 9.97. The molecule has 1 heteroatoms. The summed E-state index contributed by atoms with van der Waals surface area (Å²) in [4.78, 5) is 0. The van der Waals surface area contributed by atoms with Gasteiger partial charge in [-0.05, 0) is 36.6 Å². The molecule has 0 spiro atoms. The first-order chi connectivity index (χ1) is 10.7. The molecule has 0 saturated carbocycles.